The number of benzene rings is 1. The second kappa shape index (κ2) is 8.48. The Kier molecular flexibility index (Phi) is 6.35. The first-order chi connectivity index (χ1) is 11.9. The van der Waals surface area contributed by atoms with E-state index in [1.54, 1.807) is 13.2 Å². The molecule has 0 unspecified atom stereocenters. The molecule has 2 aromatic rings. The highest BCUT2D eigenvalue weighted by atomic mass is 19.4. The molecule has 0 atom stereocenters. The van der Waals surface area contributed by atoms with Crippen molar-refractivity contribution >= 4 is 17.3 Å². The molecule has 0 saturated heterocycles. The number of anilines is 2. The number of hydrogen-bond donors (Lipinski definition) is 2. The molecule has 2 N–H and O–H groups in total. The summed E-state index contributed by atoms with van der Waals surface area (Å²) in [6.07, 6.45) is -0.775. The van der Waals surface area contributed by atoms with Gasteiger partial charge in [-0.3, -0.25) is 9.78 Å². The van der Waals surface area contributed by atoms with Gasteiger partial charge in [0, 0.05) is 32.1 Å². The minimum atomic E-state index is -4.37. The summed E-state index contributed by atoms with van der Waals surface area (Å²) in [5.41, 5.74) is 0.603. The maximum absolute atomic E-state index is 12.6. The van der Waals surface area contributed by atoms with E-state index in [-0.39, 0.29) is 5.91 Å². The fraction of sp³-hybridized carbons (Fsp3) is 0.294. The average Bonchev–Trinajstić information content (AvgIpc) is 2.58. The number of rotatable bonds is 7. The smallest absolute Gasteiger partial charge is 0.385 e. The first kappa shape index (κ1) is 18.7. The Balaban J connectivity index is 2.00. The highest BCUT2D eigenvalue weighted by Gasteiger charge is 2.29. The number of alkyl halides is 3. The van der Waals surface area contributed by atoms with E-state index < -0.39 is 11.7 Å². The summed E-state index contributed by atoms with van der Waals surface area (Å²) in [5, 5.41) is 5.66. The van der Waals surface area contributed by atoms with Crippen LogP contribution in [0.25, 0.3) is 0 Å². The van der Waals surface area contributed by atoms with E-state index in [9.17, 15) is 18.0 Å². The molecule has 0 radical (unpaired) electrons. The van der Waals surface area contributed by atoms with E-state index >= 15 is 0 Å². The van der Waals surface area contributed by atoms with E-state index in [1.807, 2.05) is 0 Å². The van der Waals surface area contributed by atoms with Crippen LogP contribution in [0.2, 0.25) is 0 Å². The van der Waals surface area contributed by atoms with E-state index in [2.05, 4.69) is 15.6 Å². The van der Waals surface area contributed by atoms with Gasteiger partial charge in [-0.05, 0) is 36.8 Å². The van der Waals surface area contributed by atoms with Gasteiger partial charge in [0.15, 0.2) is 0 Å². The number of nitrogens with zero attached hydrogens (tertiary/aromatic N) is 1. The van der Waals surface area contributed by atoms with Crippen LogP contribution in [0.15, 0.2) is 42.7 Å². The number of carbonyl (C=O) groups is 1. The largest absolute Gasteiger partial charge is 0.416 e. The molecule has 1 heterocycles. The SMILES string of the molecule is COCCCNC(=O)c1cncc(Nc2ccc(C(F)(F)F)cc2)c1. The Morgan fingerprint density at radius 2 is 1.88 bits per heavy atom. The molecule has 134 valence electrons. The van der Waals surface area contributed by atoms with Crippen molar-refractivity contribution in [2.45, 2.75) is 12.6 Å². The standard InChI is InChI=1S/C17H18F3N3O2/c1-25-8-2-7-22-16(24)12-9-15(11-21-10-12)23-14-5-3-13(4-6-14)17(18,19)20/h3-6,9-11,23H,2,7-8H2,1H3,(H,22,24). The second-order valence-corrected chi connectivity index (χ2v) is 5.26. The lowest BCUT2D eigenvalue weighted by molar-refractivity contribution is -0.137. The van der Waals surface area contributed by atoms with Crippen LogP contribution in [-0.4, -0.2) is 31.2 Å². The molecular formula is C17H18F3N3O2. The van der Waals surface area contributed by atoms with Crippen LogP contribution in [0.5, 0.6) is 0 Å². The van der Waals surface area contributed by atoms with Gasteiger partial charge < -0.3 is 15.4 Å². The van der Waals surface area contributed by atoms with Gasteiger partial charge in [-0.25, -0.2) is 0 Å². The maximum Gasteiger partial charge on any atom is 0.416 e. The van der Waals surface area contributed by atoms with Crippen molar-refractivity contribution in [3.8, 4) is 0 Å². The van der Waals surface area contributed by atoms with Crippen molar-refractivity contribution in [3.05, 3.63) is 53.9 Å². The molecule has 5 nitrogen and oxygen atoms in total. The molecule has 0 aliphatic rings. The lowest BCUT2D eigenvalue weighted by Gasteiger charge is -2.10. The van der Waals surface area contributed by atoms with Crippen LogP contribution in [-0.2, 0) is 10.9 Å². The van der Waals surface area contributed by atoms with Crippen molar-refractivity contribution in [2.24, 2.45) is 0 Å². The highest BCUT2D eigenvalue weighted by molar-refractivity contribution is 5.94. The third-order valence-electron chi connectivity index (χ3n) is 3.31. The summed E-state index contributed by atoms with van der Waals surface area (Å²) in [4.78, 5) is 16.0. The lowest BCUT2D eigenvalue weighted by atomic mass is 10.2. The van der Waals surface area contributed by atoms with Gasteiger partial charge in [-0.2, -0.15) is 13.2 Å². The lowest BCUT2D eigenvalue weighted by Crippen LogP contribution is -2.25. The number of amides is 1. The number of aromatic nitrogens is 1. The highest BCUT2D eigenvalue weighted by Crippen LogP contribution is 2.30. The van der Waals surface area contributed by atoms with Gasteiger partial charge in [0.1, 0.15) is 0 Å². The van der Waals surface area contributed by atoms with Crippen LogP contribution in [0, 0.1) is 0 Å². The number of nitrogens with one attached hydrogen (secondary N) is 2. The minimum Gasteiger partial charge on any atom is -0.385 e. The number of hydrogen-bond acceptors (Lipinski definition) is 4. The normalized spacial score (nSPS) is 11.2. The van der Waals surface area contributed by atoms with Gasteiger partial charge in [-0.1, -0.05) is 0 Å². The fourth-order valence-electron chi connectivity index (χ4n) is 2.06. The summed E-state index contributed by atoms with van der Waals surface area (Å²) < 4.78 is 42.6. The Bertz CT molecular complexity index is 703. The molecule has 0 aliphatic carbocycles. The summed E-state index contributed by atoms with van der Waals surface area (Å²) in [6, 6.07) is 6.20. The third-order valence-corrected chi connectivity index (χ3v) is 3.31. The molecule has 1 amide bonds. The predicted molar refractivity (Wildman–Crippen MR) is 87.8 cm³/mol. The van der Waals surface area contributed by atoms with Crippen LogP contribution < -0.4 is 10.6 Å². The van der Waals surface area contributed by atoms with E-state index in [0.717, 1.165) is 12.1 Å². The monoisotopic (exact) mass is 353 g/mol. The summed E-state index contributed by atoms with van der Waals surface area (Å²) in [7, 11) is 1.59. The van der Waals surface area contributed by atoms with Gasteiger partial charge in [0.25, 0.3) is 5.91 Å². The van der Waals surface area contributed by atoms with Crippen LogP contribution in [0.3, 0.4) is 0 Å². The number of pyridine rings is 1. The summed E-state index contributed by atoms with van der Waals surface area (Å²) in [6.45, 7) is 1.03. The van der Waals surface area contributed by atoms with Gasteiger partial charge >= 0.3 is 6.18 Å². The first-order valence-electron chi connectivity index (χ1n) is 7.56. The zero-order valence-electron chi connectivity index (χ0n) is 13.6. The summed E-state index contributed by atoms with van der Waals surface area (Å²) >= 11 is 0. The van der Waals surface area contributed by atoms with Crippen molar-refractivity contribution in [3.63, 3.8) is 0 Å². The second-order valence-electron chi connectivity index (χ2n) is 5.26. The molecule has 0 saturated carbocycles. The van der Waals surface area contributed by atoms with E-state index in [0.29, 0.717) is 36.5 Å². The zero-order valence-corrected chi connectivity index (χ0v) is 13.6. The van der Waals surface area contributed by atoms with E-state index in [4.69, 9.17) is 4.74 Å². The Hall–Kier alpha value is -2.61. The molecule has 1 aromatic heterocycles. The molecule has 0 bridgehead atoms. The zero-order chi connectivity index (χ0) is 18.3. The van der Waals surface area contributed by atoms with Crippen molar-refractivity contribution in [1.29, 1.82) is 0 Å². The molecule has 0 fully saturated rings. The molecule has 0 spiro atoms. The number of ether oxygens (including phenoxy) is 1. The van der Waals surface area contributed by atoms with Crippen LogP contribution >= 0.6 is 0 Å². The molecule has 2 rings (SSSR count). The minimum absolute atomic E-state index is 0.278. The van der Waals surface area contributed by atoms with Crippen molar-refractivity contribution in [2.75, 3.05) is 25.6 Å². The first-order valence-corrected chi connectivity index (χ1v) is 7.56. The van der Waals surface area contributed by atoms with Gasteiger partial charge in [0.2, 0.25) is 0 Å². The molecule has 0 aliphatic heterocycles. The molecule has 25 heavy (non-hydrogen) atoms. The maximum atomic E-state index is 12.6. The van der Waals surface area contributed by atoms with Crippen LogP contribution in [0.4, 0.5) is 24.5 Å². The molecular weight excluding hydrogens is 335 g/mol. The Morgan fingerprint density at radius 3 is 2.52 bits per heavy atom. The summed E-state index contributed by atoms with van der Waals surface area (Å²) in [5.74, 6) is -0.278. The average molecular weight is 353 g/mol. The van der Waals surface area contributed by atoms with Gasteiger partial charge in [0.05, 0.1) is 23.0 Å². The quantitative estimate of drug-likeness (QED) is 0.747. The van der Waals surface area contributed by atoms with Gasteiger partial charge in [-0.15, -0.1) is 0 Å². The molecule has 1 aromatic carbocycles. The van der Waals surface area contributed by atoms with Crippen molar-refractivity contribution < 1.29 is 22.7 Å². The number of halogens is 3. The fourth-order valence-corrected chi connectivity index (χ4v) is 2.06. The Labute approximate surface area is 143 Å². The van der Waals surface area contributed by atoms with Crippen molar-refractivity contribution in [1.82, 2.24) is 10.3 Å². The third kappa shape index (κ3) is 5.75. The number of carbonyl (C=O) groups excluding carboxylic acids is 1. The van der Waals surface area contributed by atoms with Crippen LogP contribution in [0.1, 0.15) is 22.3 Å². The predicted octanol–water partition coefficient (Wildman–Crippen LogP) is 3.61. The van der Waals surface area contributed by atoms with E-state index in [1.165, 1.54) is 24.5 Å². The Morgan fingerprint density at radius 1 is 1.16 bits per heavy atom. The molecule has 8 heteroatoms. The topological polar surface area (TPSA) is 63.2 Å². The number of methoxy groups -OCH3 is 1.